The van der Waals surface area contributed by atoms with Gasteiger partial charge in [-0.1, -0.05) is 17.7 Å². The van der Waals surface area contributed by atoms with E-state index in [-0.39, 0.29) is 24.8 Å². The minimum absolute atomic E-state index is 0.150. The molecule has 136 valence electrons. The number of amides is 2. The van der Waals surface area contributed by atoms with Gasteiger partial charge in [-0.3, -0.25) is 9.59 Å². The lowest BCUT2D eigenvalue weighted by atomic mass is 10.1. The topological polar surface area (TPSA) is 84.5 Å². The number of nitrogens with one attached hydrogen (secondary N) is 2. The zero-order valence-corrected chi connectivity index (χ0v) is 14.9. The maximum atomic E-state index is 12.0. The van der Waals surface area contributed by atoms with Gasteiger partial charge in [0.25, 0.3) is 5.91 Å². The van der Waals surface area contributed by atoms with Crippen LogP contribution < -0.4 is 10.6 Å². The fraction of sp³-hybridized carbons (Fsp3) is 0.250. The first kappa shape index (κ1) is 19.2. The van der Waals surface area contributed by atoms with Crippen molar-refractivity contribution in [1.82, 2.24) is 5.32 Å². The number of aryl methyl sites for hydroxylation is 1. The molecule has 26 heavy (non-hydrogen) atoms. The molecule has 2 rings (SSSR count). The third-order valence-electron chi connectivity index (χ3n) is 3.60. The second kappa shape index (κ2) is 9.36. The van der Waals surface area contributed by atoms with Crippen LogP contribution in [0.15, 0.2) is 48.5 Å². The zero-order chi connectivity index (χ0) is 18.9. The van der Waals surface area contributed by atoms with Crippen molar-refractivity contribution in [2.45, 2.75) is 20.3 Å². The Kier molecular flexibility index (Phi) is 6.91. The molecule has 0 radical (unpaired) electrons. The average Bonchev–Trinajstić information content (AvgIpc) is 2.62. The van der Waals surface area contributed by atoms with Gasteiger partial charge in [0.2, 0.25) is 5.91 Å². The van der Waals surface area contributed by atoms with Gasteiger partial charge in [0.1, 0.15) is 0 Å². The average molecular weight is 354 g/mol. The van der Waals surface area contributed by atoms with Gasteiger partial charge in [-0.25, -0.2) is 4.79 Å². The van der Waals surface area contributed by atoms with Crippen LogP contribution in [0.25, 0.3) is 0 Å². The summed E-state index contributed by atoms with van der Waals surface area (Å²) in [6.45, 7) is 4.20. The van der Waals surface area contributed by atoms with E-state index in [2.05, 4.69) is 10.6 Å². The van der Waals surface area contributed by atoms with Crippen molar-refractivity contribution < 1.29 is 19.1 Å². The fourth-order valence-corrected chi connectivity index (χ4v) is 2.31. The minimum Gasteiger partial charge on any atom is -0.462 e. The van der Waals surface area contributed by atoms with Crippen molar-refractivity contribution in [1.29, 1.82) is 0 Å². The predicted octanol–water partition coefficient (Wildman–Crippen LogP) is 2.93. The summed E-state index contributed by atoms with van der Waals surface area (Å²) in [5, 5.41) is 5.44. The van der Waals surface area contributed by atoms with Crippen LogP contribution in [0.5, 0.6) is 0 Å². The van der Waals surface area contributed by atoms with Crippen LogP contribution in [0.2, 0.25) is 0 Å². The van der Waals surface area contributed by atoms with Gasteiger partial charge in [0.15, 0.2) is 0 Å². The Morgan fingerprint density at radius 2 is 1.73 bits per heavy atom. The summed E-state index contributed by atoms with van der Waals surface area (Å²) < 4.78 is 4.90. The monoisotopic (exact) mass is 354 g/mol. The lowest BCUT2D eigenvalue weighted by Crippen LogP contribution is -2.27. The van der Waals surface area contributed by atoms with E-state index < -0.39 is 5.97 Å². The van der Waals surface area contributed by atoms with Gasteiger partial charge in [0.05, 0.1) is 12.2 Å². The van der Waals surface area contributed by atoms with Gasteiger partial charge in [-0.2, -0.15) is 0 Å². The standard InChI is InChI=1S/C20H22N2O4/c1-3-26-20(25)15-7-9-17(10-8-15)22-18(23)11-12-21-19(24)16-6-4-5-14(2)13-16/h4-10,13H,3,11-12H2,1-2H3,(H,21,24)(H,22,23). The molecule has 0 heterocycles. The Hall–Kier alpha value is -3.15. The molecule has 2 amide bonds. The van der Waals surface area contributed by atoms with E-state index in [1.807, 2.05) is 19.1 Å². The summed E-state index contributed by atoms with van der Waals surface area (Å²) >= 11 is 0. The highest BCUT2D eigenvalue weighted by molar-refractivity contribution is 5.95. The largest absolute Gasteiger partial charge is 0.462 e. The third kappa shape index (κ3) is 5.73. The number of anilines is 1. The van der Waals surface area contributed by atoms with E-state index in [1.54, 1.807) is 43.3 Å². The summed E-state index contributed by atoms with van der Waals surface area (Å²) in [5.74, 6) is -0.831. The summed E-state index contributed by atoms with van der Waals surface area (Å²) in [6, 6.07) is 13.7. The second-order valence-electron chi connectivity index (χ2n) is 5.72. The molecule has 6 nitrogen and oxygen atoms in total. The highest BCUT2D eigenvalue weighted by atomic mass is 16.5. The van der Waals surface area contributed by atoms with Crippen molar-refractivity contribution in [3.05, 3.63) is 65.2 Å². The van der Waals surface area contributed by atoms with Crippen molar-refractivity contribution in [2.24, 2.45) is 0 Å². The molecule has 0 aliphatic rings. The lowest BCUT2D eigenvalue weighted by molar-refractivity contribution is -0.116. The van der Waals surface area contributed by atoms with Crippen LogP contribution in [0, 0.1) is 6.92 Å². The predicted molar refractivity (Wildman–Crippen MR) is 99.2 cm³/mol. The van der Waals surface area contributed by atoms with Crippen LogP contribution in [0.4, 0.5) is 5.69 Å². The molecule has 0 bridgehead atoms. The molecule has 0 saturated carbocycles. The third-order valence-corrected chi connectivity index (χ3v) is 3.60. The Morgan fingerprint density at radius 1 is 1.00 bits per heavy atom. The molecular weight excluding hydrogens is 332 g/mol. The molecule has 0 aliphatic heterocycles. The maximum Gasteiger partial charge on any atom is 0.338 e. The number of carbonyl (C=O) groups excluding carboxylic acids is 3. The first-order valence-corrected chi connectivity index (χ1v) is 8.41. The SMILES string of the molecule is CCOC(=O)c1ccc(NC(=O)CCNC(=O)c2cccc(C)c2)cc1. The molecule has 2 aromatic carbocycles. The van der Waals surface area contributed by atoms with E-state index in [0.717, 1.165) is 5.56 Å². The normalized spacial score (nSPS) is 10.1. The van der Waals surface area contributed by atoms with Crippen LogP contribution >= 0.6 is 0 Å². The molecule has 0 spiro atoms. The van der Waals surface area contributed by atoms with E-state index in [9.17, 15) is 14.4 Å². The number of carbonyl (C=O) groups is 3. The van der Waals surface area contributed by atoms with E-state index in [1.165, 1.54) is 0 Å². The molecule has 0 unspecified atom stereocenters. The second-order valence-corrected chi connectivity index (χ2v) is 5.72. The number of hydrogen-bond acceptors (Lipinski definition) is 4. The highest BCUT2D eigenvalue weighted by Crippen LogP contribution is 2.11. The van der Waals surface area contributed by atoms with E-state index in [0.29, 0.717) is 23.4 Å². The quantitative estimate of drug-likeness (QED) is 0.749. The smallest absolute Gasteiger partial charge is 0.338 e. The first-order valence-electron chi connectivity index (χ1n) is 8.41. The zero-order valence-electron chi connectivity index (χ0n) is 14.9. The number of esters is 1. The molecule has 2 aromatic rings. The summed E-state index contributed by atoms with van der Waals surface area (Å²) in [7, 11) is 0. The Balaban J connectivity index is 1.78. The van der Waals surface area contributed by atoms with E-state index in [4.69, 9.17) is 4.74 Å². The summed E-state index contributed by atoms with van der Waals surface area (Å²) in [4.78, 5) is 35.5. The van der Waals surface area contributed by atoms with Gasteiger partial charge in [-0.15, -0.1) is 0 Å². The van der Waals surface area contributed by atoms with Gasteiger partial charge in [0, 0.05) is 24.2 Å². The Bertz CT molecular complexity index is 785. The van der Waals surface area contributed by atoms with Crippen LogP contribution in [-0.4, -0.2) is 30.9 Å². The fourth-order valence-electron chi connectivity index (χ4n) is 2.31. The molecule has 0 fully saturated rings. The molecular formula is C20H22N2O4. The molecule has 6 heteroatoms. The minimum atomic E-state index is -0.399. The van der Waals surface area contributed by atoms with Gasteiger partial charge in [-0.05, 0) is 50.2 Å². The van der Waals surface area contributed by atoms with Crippen LogP contribution in [0.3, 0.4) is 0 Å². The highest BCUT2D eigenvalue weighted by Gasteiger charge is 2.09. The summed E-state index contributed by atoms with van der Waals surface area (Å²) in [6.07, 6.45) is 0.150. The molecule has 0 atom stereocenters. The van der Waals surface area contributed by atoms with Gasteiger partial charge < -0.3 is 15.4 Å². The molecule has 2 N–H and O–H groups in total. The van der Waals surface area contributed by atoms with Crippen molar-refractivity contribution in [3.63, 3.8) is 0 Å². The van der Waals surface area contributed by atoms with Gasteiger partial charge >= 0.3 is 5.97 Å². The van der Waals surface area contributed by atoms with Crippen molar-refractivity contribution >= 4 is 23.5 Å². The molecule has 0 saturated heterocycles. The van der Waals surface area contributed by atoms with Crippen molar-refractivity contribution in [3.8, 4) is 0 Å². The molecule has 0 aromatic heterocycles. The number of benzene rings is 2. The lowest BCUT2D eigenvalue weighted by Gasteiger charge is -2.08. The Morgan fingerprint density at radius 3 is 2.38 bits per heavy atom. The number of rotatable bonds is 7. The molecule has 0 aliphatic carbocycles. The van der Waals surface area contributed by atoms with Crippen LogP contribution in [0.1, 0.15) is 39.6 Å². The number of ether oxygens (including phenoxy) is 1. The van der Waals surface area contributed by atoms with Crippen LogP contribution in [-0.2, 0) is 9.53 Å². The van der Waals surface area contributed by atoms with E-state index >= 15 is 0 Å². The Labute approximate surface area is 152 Å². The number of hydrogen-bond donors (Lipinski definition) is 2. The van der Waals surface area contributed by atoms with Crippen molar-refractivity contribution in [2.75, 3.05) is 18.5 Å². The first-order chi connectivity index (χ1) is 12.5. The summed E-state index contributed by atoms with van der Waals surface area (Å²) in [5.41, 5.74) is 2.57. The maximum absolute atomic E-state index is 12.0.